The summed E-state index contributed by atoms with van der Waals surface area (Å²) in [5.41, 5.74) is 1.38. The molecule has 1 aromatic rings. The van der Waals surface area contributed by atoms with Crippen LogP contribution in [-0.2, 0) is 11.3 Å². The molecular formula is C16H27N3OS. The van der Waals surface area contributed by atoms with Crippen LogP contribution in [-0.4, -0.2) is 38.3 Å². The Kier molecular flexibility index (Phi) is 5.14. The fourth-order valence-electron chi connectivity index (χ4n) is 3.05. The van der Waals surface area contributed by atoms with Gasteiger partial charge >= 0.3 is 0 Å². The van der Waals surface area contributed by atoms with E-state index in [2.05, 4.69) is 17.1 Å². The van der Waals surface area contributed by atoms with Crippen LogP contribution in [0.15, 0.2) is 0 Å². The van der Waals surface area contributed by atoms with Crippen LogP contribution in [0.2, 0.25) is 0 Å². The Bertz CT molecular complexity index is 458. The minimum Gasteiger partial charge on any atom is -0.384 e. The Morgan fingerprint density at radius 2 is 2.24 bits per heavy atom. The number of ether oxygens (including phenoxy) is 1. The third-order valence-electron chi connectivity index (χ3n) is 4.35. The van der Waals surface area contributed by atoms with E-state index in [1.165, 1.54) is 41.4 Å². The lowest BCUT2D eigenvalue weighted by atomic mass is 10.1. The molecule has 2 heterocycles. The first-order chi connectivity index (χ1) is 10.3. The van der Waals surface area contributed by atoms with Crippen LogP contribution in [0.25, 0.3) is 0 Å². The van der Waals surface area contributed by atoms with Crippen molar-refractivity contribution in [2.24, 2.45) is 5.92 Å². The largest absolute Gasteiger partial charge is 0.384 e. The van der Waals surface area contributed by atoms with Crippen LogP contribution in [0.5, 0.6) is 0 Å². The minimum atomic E-state index is 0.671. The fraction of sp³-hybridized carbons (Fsp3) is 0.812. The van der Waals surface area contributed by atoms with Crippen LogP contribution in [0, 0.1) is 5.92 Å². The maximum absolute atomic E-state index is 5.30. The molecule has 0 amide bonds. The Morgan fingerprint density at radius 1 is 1.38 bits per heavy atom. The summed E-state index contributed by atoms with van der Waals surface area (Å²) in [5, 5.41) is 4.78. The van der Waals surface area contributed by atoms with Crippen molar-refractivity contribution in [2.45, 2.75) is 45.1 Å². The van der Waals surface area contributed by atoms with Crippen LogP contribution in [0.1, 0.15) is 49.1 Å². The standard InChI is InChI=1S/C16H27N3OS/c1-3-7-17-9-14-15(13-4-5-13)18-16(21-14)19-8-6-12(10-19)11-20-2/h12-13,17H,3-11H2,1-2H3. The molecule has 2 aliphatic rings. The molecule has 118 valence electrons. The van der Waals surface area contributed by atoms with E-state index in [4.69, 9.17) is 9.72 Å². The molecule has 0 radical (unpaired) electrons. The van der Waals surface area contributed by atoms with Gasteiger partial charge in [-0.25, -0.2) is 4.98 Å². The SMILES string of the molecule is CCCNCc1sc(N2CCC(COC)C2)nc1C1CC1. The van der Waals surface area contributed by atoms with E-state index in [0.29, 0.717) is 5.92 Å². The molecule has 1 saturated carbocycles. The summed E-state index contributed by atoms with van der Waals surface area (Å²) in [6, 6.07) is 0. The van der Waals surface area contributed by atoms with Crippen molar-refractivity contribution in [3.8, 4) is 0 Å². The molecule has 4 nitrogen and oxygen atoms in total. The molecule has 1 aliphatic carbocycles. The zero-order chi connectivity index (χ0) is 14.7. The highest BCUT2D eigenvalue weighted by Gasteiger charge is 2.32. The summed E-state index contributed by atoms with van der Waals surface area (Å²) >= 11 is 1.91. The van der Waals surface area contributed by atoms with Gasteiger partial charge in [-0.2, -0.15) is 0 Å². The number of nitrogens with zero attached hydrogens (tertiary/aromatic N) is 2. The minimum absolute atomic E-state index is 0.671. The second-order valence-electron chi connectivity index (χ2n) is 6.31. The summed E-state index contributed by atoms with van der Waals surface area (Å²) < 4.78 is 5.30. The highest BCUT2D eigenvalue weighted by atomic mass is 32.1. The Balaban J connectivity index is 1.66. The molecule has 1 aliphatic heterocycles. The molecule has 2 fully saturated rings. The number of hydrogen-bond acceptors (Lipinski definition) is 5. The maximum atomic E-state index is 5.30. The lowest BCUT2D eigenvalue weighted by Crippen LogP contribution is -2.20. The average molecular weight is 309 g/mol. The van der Waals surface area contributed by atoms with Gasteiger partial charge in [-0.05, 0) is 32.2 Å². The molecule has 3 rings (SSSR count). The summed E-state index contributed by atoms with van der Waals surface area (Å²) in [7, 11) is 1.80. The summed E-state index contributed by atoms with van der Waals surface area (Å²) in [6.45, 7) is 7.42. The van der Waals surface area contributed by atoms with E-state index < -0.39 is 0 Å². The zero-order valence-electron chi connectivity index (χ0n) is 13.2. The third kappa shape index (κ3) is 3.76. The van der Waals surface area contributed by atoms with E-state index in [1.54, 1.807) is 7.11 Å². The molecular weight excluding hydrogens is 282 g/mol. The topological polar surface area (TPSA) is 37.4 Å². The van der Waals surface area contributed by atoms with E-state index in [-0.39, 0.29) is 0 Å². The van der Waals surface area contributed by atoms with Crippen LogP contribution >= 0.6 is 11.3 Å². The van der Waals surface area contributed by atoms with Crippen LogP contribution in [0.4, 0.5) is 5.13 Å². The van der Waals surface area contributed by atoms with E-state index in [9.17, 15) is 0 Å². The molecule has 1 saturated heterocycles. The van der Waals surface area contributed by atoms with Gasteiger partial charge in [0.1, 0.15) is 0 Å². The zero-order valence-corrected chi connectivity index (χ0v) is 14.0. The number of anilines is 1. The fourth-order valence-corrected chi connectivity index (χ4v) is 4.20. The van der Waals surface area contributed by atoms with Gasteiger partial charge in [0.25, 0.3) is 0 Å². The Hall–Kier alpha value is -0.650. The lowest BCUT2D eigenvalue weighted by Gasteiger charge is -2.14. The normalized spacial score (nSPS) is 22.2. The molecule has 0 aromatic carbocycles. The van der Waals surface area contributed by atoms with E-state index in [1.807, 2.05) is 11.3 Å². The predicted octanol–water partition coefficient (Wildman–Crippen LogP) is 2.99. The average Bonchev–Trinajstić information content (AvgIpc) is 3.07. The lowest BCUT2D eigenvalue weighted by molar-refractivity contribution is 0.161. The van der Waals surface area contributed by atoms with Crippen molar-refractivity contribution in [3.63, 3.8) is 0 Å². The number of methoxy groups -OCH3 is 1. The van der Waals surface area contributed by atoms with Crippen molar-refractivity contribution in [2.75, 3.05) is 38.3 Å². The quantitative estimate of drug-likeness (QED) is 0.749. The number of nitrogens with one attached hydrogen (secondary N) is 1. The van der Waals surface area contributed by atoms with E-state index in [0.717, 1.165) is 38.7 Å². The smallest absolute Gasteiger partial charge is 0.185 e. The summed E-state index contributed by atoms with van der Waals surface area (Å²) in [5.74, 6) is 1.41. The first kappa shape index (κ1) is 15.3. The van der Waals surface area contributed by atoms with Crippen molar-refractivity contribution in [1.29, 1.82) is 0 Å². The van der Waals surface area contributed by atoms with Crippen LogP contribution in [0.3, 0.4) is 0 Å². The molecule has 1 N–H and O–H groups in total. The molecule has 1 unspecified atom stereocenters. The van der Waals surface area contributed by atoms with Gasteiger partial charge in [0.15, 0.2) is 5.13 Å². The van der Waals surface area contributed by atoms with Crippen LogP contribution < -0.4 is 10.2 Å². The molecule has 0 spiro atoms. The number of rotatable bonds is 8. The van der Waals surface area contributed by atoms with Gasteiger partial charge in [0.05, 0.1) is 12.3 Å². The van der Waals surface area contributed by atoms with Gasteiger partial charge in [-0.3, -0.25) is 0 Å². The van der Waals surface area contributed by atoms with Gasteiger partial charge in [-0.15, -0.1) is 11.3 Å². The van der Waals surface area contributed by atoms with Gasteiger partial charge in [0, 0.05) is 43.5 Å². The monoisotopic (exact) mass is 309 g/mol. The number of thiazole rings is 1. The molecule has 5 heteroatoms. The van der Waals surface area contributed by atoms with Gasteiger partial charge in [-0.1, -0.05) is 6.92 Å². The predicted molar refractivity (Wildman–Crippen MR) is 88.3 cm³/mol. The second kappa shape index (κ2) is 7.07. The third-order valence-corrected chi connectivity index (χ3v) is 5.48. The van der Waals surface area contributed by atoms with Crippen molar-refractivity contribution in [3.05, 3.63) is 10.6 Å². The summed E-state index contributed by atoms with van der Waals surface area (Å²) in [6.07, 6.45) is 5.08. The maximum Gasteiger partial charge on any atom is 0.185 e. The molecule has 0 bridgehead atoms. The van der Waals surface area contributed by atoms with Crippen molar-refractivity contribution in [1.82, 2.24) is 10.3 Å². The Labute approximate surface area is 131 Å². The molecule has 1 aromatic heterocycles. The second-order valence-corrected chi connectivity index (χ2v) is 7.37. The van der Waals surface area contributed by atoms with Gasteiger partial charge in [0.2, 0.25) is 0 Å². The Morgan fingerprint density at radius 3 is 2.95 bits per heavy atom. The number of aromatic nitrogens is 1. The first-order valence-corrected chi connectivity index (χ1v) is 9.07. The number of hydrogen-bond donors (Lipinski definition) is 1. The highest BCUT2D eigenvalue weighted by Crippen LogP contribution is 2.44. The highest BCUT2D eigenvalue weighted by molar-refractivity contribution is 7.15. The first-order valence-electron chi connectivity index (χ1n) is 8.26. The molecule has 21 heavy (non-hydrogen) atoms. The van der Waals surface area contributed by atoms with Gasteiger partial charge < -0.3 is 15.0 Å². The summed E-state index contributed by atoms with van der Waals surface area (Å²) in [4.78, 5) is 8.92. The van der Waals surface area contributed by atoms with Crippen molar-refractivity contribution >= 4 is 16.5 Å². The molecule has 1 atom stereocenters. The van der Waals surface area contributed by atoms with E-state index >= 15 is 0 Å². The van der Waals surface area contributed by atoms with Crippen molar-refractivity contribution < 1.29 is 4.74 Å².